The number of unbranched alkanes of at least 4 members (excludes halogenated alkanes) is 3. The molecule has 0 spiro atoms. The zero-order valence-corrected chi connectivity index (χ0v) is 37.9. The Morgan fingerprint density at radius 3 is 1.53 bits per heavy atom. The lowest BCUT2D eigenvalue weighted by Crippen LogP contribution is -2.56. The Bertz CT molecular complexity index is 1480. The molecule has 22 heteroatoms. The van der Waals surface area contributed by atoms with Crippen LogP contribution >= 0.6 is 0 Å². The second-order valence-corrected chi connectivity index (χ2v) is 17.8. The number of ether oxygens (including phenoxy) is 3. The van der Waals surface area contributed by atoms with Crippen LogP contribution in [-0.4, -0.2) is 164 Å². The number of aliphatic hydroxyl groups excluding tert-OH is 4. The molecule has 1 aliphatic heterocycles. The molecule has 4 unspecified atom stereocenters. The number of rotatable bonds is 27. The third-order valence-electron chi connectivity index (χ3n) is 9.28. The Morgan fingerprint density at radius 2 is 1.05 bits per heavy atom. The van der Waals surface area contributed by atoms with Crippen molar-refractivity contribution >= 4 is 41.7 Å². The van der Waals surface area contributed by atoms with E-state index in [0.717, 1.165) is 26.8 Å². The van der Waals surface area contributed by atoms with E-state index >= 15 is 0 Å². The number of methoxy groups -OCH3 is 1. The van der Waals surface area contributed by atoms with Crippen molar-refractivity contribution in [2.75, 3.05) is 26.7 Å². The first-order valence-corrected chi connectivity index (χ1v) is 21.0. The number of esters is 1. The molecule has 0 aromatic rings. The number of Topliss-reactive ketones (excluding diaryl/α,β-unsaturated/α-hetero) is 1. The molecule has 1 aliphatic rings. The predicted octanol–water partition coefficient (Wildman–Crippen LogP) is -0.876. The lowest BCUT2D eigenvalue weighted by Gasteiger charge is -2.28. The van der Waals surface area contributed by atoms with E-state index in [4.69, 9.17) is 14.2 Å². The average molecular weight is 892 g/mol. The van der Waals surface area contributed by atoms with Crippen molar-refractivity contribution in [1.82, 2.24) is 37.0 Å². The van der Waals surface area contributed by atoms with Crippen LogP contribution in [0.15, 0.2) is 0 Å². The van der Waals surface area contributed by atoms with Crippen LogP contribution in [0.1, 0.15) is 120 Å². The summed E-state index contributed by atoms with van der Waals surface area (Å²) in [5.74, 6) is -4.53. The standard InChI is InChI=1S/C40H73N7O15/c1-23-46-47(23)22-16-13-19-26(35(56)60-10)44-32(53)24(17-12-15-21-42-36(57)61-38(2,3)4)43-33(54)25(45-37(58)62-39(5,6)7)18-11-14-20-41-34(55)30(51)28(49)27(48)29(50)31(52)40(8,9)59/h23-30,46,48-51,59H,11-22H2,1-10H3,(H,41,55)(H,42,57)(H,43,54)(H,44,53)(H,45,58)/t23?,24?,25?,26-,27-,28+,29+,30-,47?/m0/s1. The molecule has 1 rings (SSSR count). The van der Waals surface area contributed by atoms with E-state index in [1.807, 2.05) is 11.9 Å². The Morgan fingerprint density at radius 1 is 0.613 bits per heavy atom. The number of carbonyl (C=O) groups is 7. The number of amides is 5. The molecule has 9 atom stereocenters. The van der Waals surface area contributed by atoms with E-state index in [-0.39, 0.29) is 51.4 Å². The number of nitrogens with one attached hydrogen (secondary N) is 6. The Labute approximate surface area is 363 Å². The molecule has 0 aliphatic carbocycles. The zero-order chi connectivity index (χ0) is 47.6. The minimum Gasteiger partial charge on any atom is -0.467 e. The smallest absolute Gasteiger partial charge is 0.408 e. The first-order chi connectivity index (χ1) is 28.6. The van der Waals surface area contributed by atoms with Crippen LogP contribution < -0.4 is 32.0 Å². The summed E-state index contributed by atoms with van der Waals surface area (Å²) in [6.45, 7) is 14.9. The van der Waals surface area contributed by atoms with Crippen molar-refractivity contribution in [2.45, 2.75) is 186 Å². The molecule has 22 nitrogen and oxygen atoms in total. The molecule has 0 aromatic carbocycles. The fourth-order valence-corrected chi connectivity index (χ4v) is 5.83. The summed E-state index contributed by atoms with van der Waals surface area (Å²) in [6.07, 6.45) is -7.85. The highest BCUT2D eigenvalue weighted by atomic mass is 16.6. The van der Waals surface area contributed by atoms with Gasteiger partial charge in [0.1, 0.15) is 53.2 Å². The van der Waals surface area contributed by atoms with E-state index in [9.17, 15) is 59.1 Å². The molecule has 11 N–H and O–H groups in total. The highest BCUT2D eigenvalue weighted by Gasteiger charge is 2.41. The van der Waals surface area contributed by atoms with Gasteiger partial charge in [0, 0.05) is 19.6 Å². The second kappa shape index (κ2) is 25.8. The number of hydrazine groups is 1. The van der Waals surface area contributed by atoms with Crippen molar-refractivity contribution in [3.05, 3.63) is 0 Å². The first kappa shape index (κ1) is 55.8. The number of ketones is 1. The summed E-state index contributed by atoms with van der Waals surface area (Å²) in [5.41, 5.74) is -0.575. The first-order valence-electron chi connectivity index (χ1n) is 21.0. The van der Waals surface area contributed by atoms with E-state index in [1.54, 1.807) is 41.5 Å². The van der Waals surface area contributed by atoms with E-state index in [2.05, 4.69) is 32.0 Å². The van der Waals surface area contributed by atoms with Crippen LogP contribution in [0, 0.1) is 0 Å². The number of alkyl carbamates (subject to hydrolysis) is 2. The van der Waals surface area contributed by atoms with Crippen molar-refractivity contribution in [2.24, 2.45) is 0 Å². The summed E-state index contributed by atoms with van der Waals surface area (Å²) >= 11 is 0. The van der Waals surface area contributed by atoms with Gasteiger partial charge in [0.25, 0.3) is 5.91 Å². The summed E-state index contributed by atoms with van der Waals surface area (Å²) in [5, 5.41) is 65.4. The third kappa shape index (κ3) is 22.2. The van der Waals surface area contributed by atoms with Crippen molar-refractivity contribution in [1.29, 1.82) is 0 Å². The normalized spacial score (nSPS) is 18.6. The van der Waals surface area contributed by atoms with Crippen molar-refractivity contribution < 1.29 is 73.3 Å². The quantitative estimate of drug-likeness (QED) is 0.0207. The van der Waals surface area contributed by atoms with Gasteiger partial charge in [0.2, 0.25) is 11.8 Å². The van der Waals surface area contributed by atoms with Gasteiger partial charge in [-0.3, -0.25) is 19.2 Å². The summed E-state index contributed by atoms with van der Waals surface area (Å²) in [4.78, 5) is 90.0. The maximum atomic E-state index is 13.9. The summed E-state index contributed by atoms with van der Waals surface area (Å²) in [6, 6.07) is -3.50. The van der Waals surface area contributed by atoms with Crippen LogP contribution in [0.4, 0.5) is 9.59 Å². The lowest BCUT2D eigenvalue weighted by atomic mass is 9.92. The van der Waals surface area contributed by atoms with Crippen LogP contribution in [0.3, 0.4) is 0 Å². The molecule has 0 aromatic heterocycles. The molecule has 5 amide bonds. The minimum absolute atomic E-state index is 0.0421. The molecular weight excluding hydrogens is 818 g/mol. The molecular formula is C40H73N7O15. The summed E-state index contributed by atoms with van der Waals surface area (Å²) in [7, 11) is 1.20. The molecule has 0 saturated carbocycles. The largest absolute Gasteiger partial charge is 0.467 e. The van der Waals surface area contributed by atoms with Gasteiger partial charge in [-0.25, -0.2) is 24.8 Å². The van der Waals surface area contributed by atoms with Gasteiger partial charge in [-0.15, -0.1) is 0 Å². The number of hydrogen-bond acceptors (Lipinski definition) is 17. The van der Waals surface area contributed by atoms with Gasteiger partial charge in [-0.1, -0.05) is 0 Å². The minimum atomic E-state index is -2.31. The van der Waals surface area contributed by atoms with Gasteiger partial charge >= 0.3 is 18.2 Å². The maximum absolute atomic E-state index is 13.9. The van der Waals surface area contributed by atoms with Crippen molar-refractivity contribution in [3.8, 4) is 0 Å². The Balaban J connectivity index is 3.08. The third-order valence-corrected chi connectivity index (χ3v) is 9.28. The lowest BCUT2D eigenvalue weighted by molar-refractivity contribution is -0.163. The Hall–Kier alpha value is -4.19. The SMILES string of the molecule is COC(=O)[C@H](CCCCN1NC1C)NC(=O)C(CCCCNC(=O)OC(C)(C)C)NC(=O)C(CCCCNC(=O)[C@@H](O)[C@H](O)[C@H](O)[C@@H](O)C(=O)C(C)(C)O)NC(=O)OC(C)(C)C. The van der Waals surface area contributed by atoms with Crippen molar-refractivity contribution in [3.63, 3.8) is 0 Å². The van der Waals surface area contributed by atoms with Gasteiger partial charge in [0.15, 0.2) is 11.9 Å². The maximum Gasteiger partial charge on any atom is 0.408 e. The van der Waals surface area contributed by atoms with Gasteiger partial charge < -0.3 is 66.3 Å². The topological polar surface area (TPSA) is 333 Å². The highest BCUT2D eigenvalue weighted by molar-refractivity contribution is 5.93. The van der Waals surface area contributed by atoms with Crippen LogP contribution in [0.2, 0.25) is 0 Å². The molecule has 1 saturated heterocycles. The van der Waals surface area contributed by atoms with Gasteiger partial charge in [-0.05, 0) is 120 Å². The second-order valence-electron chi connectivity index (χ2n) is 17.8. The van der Waals surface area contributed by atoms with Crippen LogP contribution in [-0.2, 0) is 38.2 Å². The fourth-order valence-electron chi connectivity index (χ4n) is 5.83. The predicted molar refractivity (Wildman–Crippen MR) is 222 cm³/mol. The fraction of sp³-hybridized carbons (Fsp3) is 0.825. The Kier molecular flexibility index (Phi) is 23.2. The van der Waals surface area contributed by atoms with E-state index in [1.165, 1.54) is 7.11 Å². The number of carbonyl (C=O) groups excluding carboxylic acids is 7. The summed E-state index contributed by atoms with van der Waals surface area (Å²) < 4.78 is 15.6. The molecule has 358 valence electrons. The molecule has 1 heterocycles. The zero-order valence-electron chi connectivity index (χ0n) is 37.9. The number of nitrogens with zero attached hydrogens (tertiary/aromatic N) is 1. The highest BCUT2D eigenvalue weighted by Crippen LogP contribution is 2.15. The van der Waals surface area contributed by atoms with Gasteiger partial charge in [0.05, 0.1) is 13.3 Å². The van der Waals surface area contributed by atoms with Crippen LogP contribution in [0.25, 0.3) is 0 Å². The monoisotopic (exact) mass is 892 g/mol. The van der Waals surface area contributed by atoms with E-state index < -0.39 is 101 Å². The molecule has 62 heavy (non-hydrogen) atoms. The number of aliphatic hydroxyl groups is 5. The van der Waals surface area contributed by atoms with Crippen LogP contribution in [0.5, 0.6) is 0 Å². The molecule has 0 bridgehead atoms. The van der Waals surface area contributed by atoms with E-state index in [0.29, 0.717) is 19.3 Å². The number of hydrogen-bond donors (Lipinski definition) is 11. The molecule has 1 fully saturated rings. The van der Waals surface area contributed by atoms with Gasteiger partial charge in [-0.2, -0.15) is 0 Å². The average Bonchev–Trinajstić information content (AvgIpc) is 3.87. The molecule has 0 radical (unpaired) electrons.